The molecule has 102 valence electrons. The normalized spacial score (nSPS) is 10.9. The third-order valence-corrected chi connectivity index (χ3v) is 4.14. The number of aromatic nitrogens is 3. The predicted octanol–water partition coefficient (Wildman–Crippen LogP) is 2.74. The lowest BCUT2D eigenvalue weighted by atomic mass is 10.2. The van der Waals surface area contributed by atoms with E-state index >= 15 is 0 Å². The molecule has 0 saturated carbocycles. The molecule has 2 N–H and O–H groups in total. The van der Waals surface area contributed by atoms with Crippen LogP contribution in [0.15, 0.2) is 27.8 Å². The largest absolute Gasteiger partial charge is 0.329 e. The van der Waals surface area contributed by atoms with Crippen molar-refractivity contribution >= 4 is 27.7 Å². The van der Waals surface area contributed by atoms with Gasteiger partial charge in [-0.1, -0.05) is 33.8 Å². The monoisotopic (exact) mass is 344 g/mol. The topological polar surface area (TPSA) is 56.7 Å². The van der Waals surface area contributed by atoms with Crippen molar-refractivity contribution in [2.45, 2.75) is 24.4 Å². The average molecular weight is 345 g/mol. The molecule has 0 atom stereocenters. The predicted molar refractivity (Wildman–Crippen MR) is 77.5 cm³/mol. The maximum absolute atomic E-state index is 13.7. The van der Waals surface area contributed by atoms with Crippen molar-refractivity contribution in [1.29, 1.82) is 0 Å². The number of halogens is 2. The minimum absolute atomic E-state index is 0.219. The first kappa shape index (κ1) is 14.5. The molecule has 19 heavy (non-hydrogen) atoms. The summed E-state index contributed by atoms with van der Waals surface area (Å²) in [5.74, 6) is 1.12. The lowest BCUT2D eigenvalue weighted by Gasteiger charge is -2.07. The molecule has 0 unspecified atom stereocenters. The molecule has 0 spiro atoms. The van der Waals surface area contributed by atoms with Crippen LogP contribution in [0, 0.1) is 12.7 Å². The van der Waals surface area contributed by atoms with E-state index in [4.69, 9.17) is 5.73 Å². The number of nitrogens with two attached hydrogens (primary N) is 1. The second kappa shape index (κ2) is 6.49. The molecule has 2 rings (SSSR count). The Labute approximate surface area is 123 Å². The molecule has 1 heterocycles. The number of rotatable bonds is 5. The molecule has 0 aliphatic carbocycles. The first-order chi connectivity index (χ1) is 9.11. The molecule has 7 heteroatoms. The number of nitrogens with zero attached hydrogens (tertiary/aromatic N) is 3. The van der Waals surface area contributed by atoms with E-state index in [2.05, 4.69) is 26.1 Å². The van der Waals surface area contributed by atoms with Gasteiger partial charge >= 0.3 is 0 Å². The van der Waals surface area contributed by atoms with Gasteiger partial charge in [0.1, 0.15) is 11.6 Å². The van der Waals surface area contributed by atoms with Gasteiger partial charge in [0.2, 0.25) is 0 Å². The van der Waals surface area contributed by atoms with Crippen molar-refractivity contribution in [2.24, 2.45) is 5.73 Å². The van der Waals surface area contributed by atoms with Crippen LogP contribution in [0.2, 0.25) is 0 Å². The minimum atomic E-state index is -0.219. The van der Waals surface area contributed by atoms with Gasteiger partial charge in [0.05, 0.1) is 0 Å². The van der Waals surface area contributed by atoms with Crippen molar-refractivity contribution in [1.82, 2.24) is 14.8 Å². The highest BCUT2D eigenvalue weighted by molar-refractivity contribution is 9.10. The molecule has 0 fully saturated rings. The first-order valence-corrected chi connectivity index (χ1v) is 7.56. The van der Waals surface area contributed by atoms with Gasteiger partial charge in [0.15, 0.2) is 5.16 Å². The number of hydrogen-bond donors (Lipinski definition) is 1. The Morgan fingerprint density at radius 3 is 2.89 bits per heavy atom. The third kappa shape index (κ3) is 3.55. The van der Waals surface area contributed by atoms with E-state index in [-0.39, 0.29) is 5.82 Å². The zero-order valence-electron chi connectivity index (χ0n) is 10.4. The molecular weight excluding hydrogens is 331 g/mol. The Balaban J connectivity index is 2.10. The Bertz CT molecular complexity index is 573. The number of hydrogen-bond acceptors (Lipinski definition) is 4. The van der Waals surface area contributed by atoms with E-state index in [1.165, 1.54) is 17.8 Å². The summed E-state index contributed by atoms with van der Waals surface area (Å²) in [5.41, 5.74) is 6.20. The molecule has 0 radical (unpaired) electrons. The molecule has 0 saturated heterocycles. The van der Waals surface area contributed by atoms with Gasteiger partial charge in [-0.05, 0) is 24.6 Å². The summed E-state index contributed by atoms with van der Waals surface area (Å²) in [5, 5.41) is 8.87. The minimum Gasteiger partial charge on any atom is -0.329 e. The van der Waals surface area contributed by atoms with Crippen molar-refractivity contribution in [3.05, 3.63) is 39.9 Å². The maximum atomic E-state index is 13.7. The quantitative estimate of drug-likeness (QED) is 0.847. The van der Waals surface area contributed by atoms with Crippen LogP contribution in [0.3, 0.4) is 0 Å². The van der Waals surface area contributed by atoms with Gasteiger partial charge in [-0.3, -0.25) is 0 Å². The Morgan fingerprint density at radius 1 is 1.42 bits per heavy atom. The fraction of sp³-hybridized carbons (Fsp3) is 0.333. The van der Waals surface area contributed by atoms with Crippen LogP contribution in [0.25, 0.3) is 0 Å². The van der Waals surface area contributed by atoms with E-state index < -0.39 is 0 Å². The van der Waals surface area contributed by atoms with Gasteiger partial charge in [-0.15, -0.1) is 10.2 Å². The van der Waals surface area contributed by atoms with Crippen molar-refractivity contribution in [3.63, 3.8) is 0 Å². The Morgan fingerprint density at radius 2 is 2.21 bits per heavy atom. The SMILES string of the molecule is Cc1nnc(SCc2ccc(Br)cc2F)n1CCN. The van der Waals surface area contributed by atoms with Crippen LogP contribution in [-0.4, -0.2) is 21.3 Å². The van der Waals surface area contributed by atoms with Crippen molar-refractivity contribution < 1.29 is 4.39 Å². The van der Waals surface area contributed by atoms with Crippen molar-refractivity contribution in [3.8, 4) is 0 Å². The van der Waals surface area contributed by atoms with Gasteiger partial charge in [-0.25, -0.2) is 4.39 Å². The van der Waals surface area contributed by atoms with Crippen LogP contribution in [-0.2, 0) is 12.3 Å². The third-order valence-electron chi connectivity index (χ3n) is 2.63. The average Bonchev–Trinajstić information content (AvgIpc) is 2.71. The summed E-state index contributed by atoms with van der Waals surface area (Å²) in [7, 11) is 0. The molecule has 0 aliphatic heterocycles. The van der Waals surface area contributed by atoms with Gasteiger partial charge in [0.25, 0.3) is 0 Å². The molecule has 2 aromatic rings. The molecule has 0 bridgehead atoms. The second-order valence-corrected chi connectivity index (χ2v) is 5.85. The Kier molecular flexibility index (Phi) is 4.95. The fourth-order valence-electron chi connectivity index (χ4n) is 1.64. The van der Waals surface area contributed by atoms with E-state index in [1.807, 2.05) is 17.6 Å². The molecule has 0 amide bonds. The fourth-order valence-corrected chi connectivity index (χ4v) is 2.97. The van der Waals surface area contributed by atoms with Crippen LogP contribution < -0.4 is 5.73 Å². The van der Waals surface area contributed by atoms with Crippen LogP contribution >= 0.6 is 27.7 Å². The molecule has 4 nitrogen and oxygen atoms in total. The van der Waals surface area contributed by atoms with Gasteiger partial charge in [0, 0.05) is 23.3 Å². The maximum Gasteiger partial charge on any atom is 0.191 e. The van der Waals surface area contributed by atoms with Crippen LogP contribution in [0.4, 0.5) is 4.39 Å². The molecular formula is C12H14BrFN4S. The first-order valence-electron chi connectivity index (χ1n) is 5.78. The van der Waals surface area contributed by atoms with E-state index in [0.717, 1.165) is 15.5 Å². The zero-order valence-corrected chi connectivity index (χ0v) is 12.8. The highest BCUT2D eigenvalue weighted by Crippen LogP contribution is 2.24. The summed E-state index contributed by atoms with van der Waals surface area (Å²) >= 11 is 4.70. The molecule has 0 aliphatic rings. The lowest BCUT2D eigenvalue weighted by Crippen LogP contribution is -2.12. The van der Waals surface area contributed by atoms with Crippen LogP contribution in [0.5, 0.6) is 0 Å². The Hall–Kier alpha value is -0.920. The smallest absolute Gasteiger partial charge is 0.191 e. The lowest BCUT2D eigenvalue weighted by molar-refractivity contribution is 0.614. The highest BCUT2D eigenvalue weighted by Gasteiger charge is 2.10. The van der Waals surface area contributed by atoms with Gasteiger partial charge < -0.3 is 10.3 Å². The summed E-state index contributed by atoms with van der Waals surface area (Å²) in [6, 6.07) is 5.06. The molecule has 1 aromatic carbocycles. The standard InChI is InChI=1S/C12H14BrFN4S/c1-8-16-17-12(18(8)5-4-15)19-7-9-2-3-10(13)6-11(9)14/h2-3,6H,4-5,7,15H2,1H3. The summed E-state index contributed by atoms with van der Waals surface area (Å²) < 4.78 is 16.4. The summed E-state index contributed by atoms with van der Waals surface area (Å²) in [4.78, 5) is 0. The zero-order chi connectivity index (χ0) is 13.8. The second-order valence-electron chi connectivity index (χ2n) is 3.99. The number of benzene rings is 1. The number of aryl methyl sites for hydroxylation is 1. The molecule has 1 aromatic heterocycles. The van der Waals surface area contributed by atoms with E-state index in [1.54, 1.807) is 6.07 Å². The van der Waals surface area contributed by atoms with Gasteiger partial charge in [-0.2, -0.15) is 0 Å². The van der Waals surface area contributed by atoms with E-state index in [0.29, 0.717) is 24.4 Å². The summed E-state index contributed by atoms with van der Waals surface area (Å²) in [6.45, 7) is 3.08. The van der Waals surface area contributed by atoms with Crippen LogP contribution in [0.1, 0.15) is 11.4 Å². The summed E-state index contributed by atoms with van der Waals surface area (Å²) in [6.07, 6.45) is 0. The van der Waals surface area contributed by atoms with Crippen molar-refractivity contribution in [2.75, 3.05) is 6.54 Å². The van der Waals surface area contributed by atoms with E-state index in [9.17, 15) is 4.39 Å². The number of thioether (sulfide) groups is 1. The highest BCUT2D eigenvalue weighted by atomic mass is 79.9.